The topological polar surface area (TPSA) is 72.8 Å². The zero-order chi connectivity index (χ0) is 23.1. The summed E-state index contributed by atoms with van der Waals surface area (Å²) in [7, 11) is 0. The Bertz CT molecular complexity index is 801. The molecular weight excluding hydrogens is 428 g/mol. The average molecular weight is 467 g/mol. The van der Waals surface area contributed by atoms with Crippen LogP contribution in [0, 0.1) is 40.4 Å². The first-order valence-corrected chi connectivity index (χ1v) is 13.1. The van der Waals surface area contributed by atoms with Gasteiger partial charge in [-0.3, -0.25) is 9.59 Å². The molecule has 0 spiro atoms. The number of carbonyl (C=O) groups excluding carboxylic acids is 2. The van der Waals surface area contributed by atoms with Crippen molar-refractivity contribution in [2.24, 2.45) is 40.4 Å². The van der Waals surface area contributed by atoms with Gasteiger partial charge < -0.3 is 14.6 Å². The lowest BCUT2D eigenvalue weighted by atomic mass is 9.44. The fourth-order valence-electron chi connectivity index (χ4n) is 9.95. The largest absolute Gasteiger partial charge is 0.463 e. The summed E-state index contributed by atoms with van der Waals surface area (Å²) in [5.74, 6) is 1.74. The third kappa shape index (κ3) is 3.05. The molecule has 5 fully saturated rings. The number of alkyl halides is 1. The molecule has 5 aliphatic carbocycles. The summed E-state index contributed by atoms with van der Waals surface area (Å²) >= 11 is 7.53. The molecule has 2 bridgehead atoms. The molecule has 1 unspecified atom stereocenters. The number of ether oxygens (including phenoxy) is 2. The van der Waals surface area contributed by atoms with E-state index in [-0.39, 0.29) is 47.0 Å². The van der Waals surface area contributed by atoms with Crippen LogP contribution in [0.2, 0.25) is 0 Å². The van der Waals surface area contributed by atoms with Crippen molar-refractivity contribution >= 4 is 23.5 Å². The summed E-state index contributed by atoms with van der Waals surface area (Å²) < 4.78 is 11.3. The number of aliphatic hydroxyl groups is 1. The van der Waals surface area contributed by atoms with Gasteiger partial charge in [0.05, 0.1) is 11.0 Å². The zero-order valence-electron chi connectivity index (χ0n) is 19.9. The fourth-order valence-corrected chi connectivity index (χ4v) is 10.7. The summed E-state index contributed by atoms with van der Waals surface area (Å²) in [6, 6.07) is 0. The maximum absolute atomic E-state index is 11.6. The van der Waals surface area contributed by atoms with Crippen molar-refractivity contribution in [1.82, 2.24) is 0 Å². The van der Waals surface area contributed by atoms with E-state index in [9.17, 15) is 14.7 Å². The molecule has 1 N–H and O–H groups in total. The molecule has 6 heteroatoms. The molecule has 0 heterocycles. The Morgan fingerprint density at radius 1 is 1.00 bits per heavy atom. The van der Waals surface area contributed by atoms with Gasteiger partial charge in [-0.25, -0.2) is 0 Å². The first kappa shape index (κ1) is 23.0. The summed E-state index contributed by atoms with van der Waals surface area (Å²) in [4.78, 5) is 22.8. The van der Waals surface area contributed by atoms with Crippen molar-refractivity contribution in [3.05, 3.63) is 0 Å². The molecule has 0 aromatic carbocycles. The summed E-state index contributed by atoms with van der Waals surface area (Å²) in [5, 5.41) is 11.2. The molecule has 0 aliphatic heterocycles. The van der Waals surface area contributed by atoms with Gasteiger partial charge in [-0.15, -0.1) is 11.6 Å². The van der Waals surface area contributed by atoms with Crippen LogP contribution in [0.15, 0.2) is 0 Å². The molecule has 0 aromatic rings. The zero-order valence-corrected chi connectivity index (χ0v) is 20.7. The van der Waals surface area contributed by atoms with Gasteiger partial charge in [-0.1, -0.05) is 6.92 Å². The third-order valence-corrected chi connectivity index (χ3v) is 11.7. The standard InChI is InChI=1S/C26H39ClO5/c1-14(31-15(2)28)19-5-6-20-18-11-22-23(30)13-25(21(18)8-9-24(19,20)4)10-7-17(32-16(3)29)12-26(22,25)27/h14,17-23,30H,5-13H2,1-4H3/t14?,17-,18-,19+,20-,21-,22-,23+,24+,25-,26-/m0/s1. The Morgan fingerprint density at radius 3 is 2.44 bits per heavy atom. The summed E-state index contributed by atoms with van der Waals surface area (Å²) in [6.07, 6.45) is 8.26. The van der Waals surface area contributed by atoms with Crippen molar-refractivity contribution in [3.63, 3.8) is 0 Å². The number of carbonyl (C=O) groups is 2. The van der Waals surface area contributed by atoms with Gasteiger partial charge in [0.25, 0.3) is 0 Å². The average Bonchev–Trinajstić information content (AvgIpc) is 3.09. The minimum atomic E-state index is -0.470. The van der Waals surface area contributed by atoms with E-state index in [1.165, 1.54) is 20.3 Å². The van der Waals surface area contributed by atoms with E-state index in [0.717, 1.165) is 44.9 Å². The van der Waals surface area contributed by atoms with Gasteiger partial charge in [0.1, 0.15) is 12.2 Å². The molecule has 5 saturated carbocycles. The molecule has 5 aliphatic rings. The van der Waals surface area contributed by atoms with Crippen LogP contribution in [0.3, 0.4) is 0 Å². The molecule has 0 saturated heterocycles. The van der Waals surface area contributed by atoms with E-state index in [1.807, 2.05) is 0 Å². The van der Waals surface area contributed by atoms with Crippen LogP contribution < -0.4 is 0 Å². The quantitative estimate of drug-likeness (QED) is 0.475. The first-order valence-electron chi connectivity index (χ1n) is 12.7. The third-order valence-electron chi connectivity index (χ3n) is 10.9. The van der Waals surface area contributed by atoms with Crippen LogP contribution in [-0.4, -0.2) is 40.2 Å². The van der Waals surface area contributed by atoms with E-state index in [4.69, 9.17) is 21.1 Å². The fraction of sp³-hybridized carbons (Fsp3) is 0.923. The number of halogens is 1. The van der Waals surface area contributed by atoms with Crippen molar-refractivity contribution in [2.45, 2.75) is 109 Å². The Kier molecular flexibility index (Phi) is 5.45. The number of rotatable bonds is 3. The SMILES string of the molecule is CC(=O)OC(C)[C@H]1CC[C@H]2[C@@H]3C[C@H]4[C@H](O)C[C@@]5(CC[C@H](OC(C)=O)C[C@]45Cl)[C@H]3CC[C@]12C. The van der Waals surface area contributed by atoms with Crippen molar-refractivity contribution < 1.29 is 24.2 Å². The molecule has 11 atom stereocenters. The molecule has 5 nitrogen and oxygen atoms in total. The predicted octanol–water partition coefficient (Wildman–Crippen LogP) is 4.86. The second kappa shape index (κ2) is 7.60. The molecule has 0 aromatic heterocycles. The number of fused-ring (bicyclic) bond motifs is 3. The normalized spacial score (nSPS) is 52.4. The van der Waals surface area contributed by atoms with E-state index >= 15 is 0 Å². The molecule has 180 valence electrons. The van der Waals surface area contributed by atoms with Crippen LogP contribution in [0.25, 0.3) is 0 Å². The van der Waals surface area contributed by atoms with Gasteiger partial charge in [0, 0.05) is 32.1 Å². The van der Waals surface area contributed by atoms with Crippen LogP contribution >= 0.6 is 11.6 Å². The van der Waals surface area contributed by atoms with Crippen molar-refractivity contribution in [1.29, 1.82) is 0 Å². The highest BCUT2D eigenvalue weighted by Gasteiger charge is 2.74. The smallest absolute Gasteiger partial charge is 0.302 e. The minimum Gasteiger partial charge on any atom is -0.463 e. The minimum absolute atomic E-state index is 0.0468. The molecule has 5 rings (SSSR count). The van der Waals surface area contributed by atoms with Gasteiger partial charge in [0.15, 0.2) is 0 Å². The molecule has 0 amide bonds. The molecular formula is C26H39ClO5. The van der Waals surface area contributed by atoms with E-state index in [0.29, 0.717) is 30.1 Å². The van der Waals surface area contributed by atoms with Crippen LogP contribution in [0.4, 0.5) is 0 Å². The van der Waals surface area contributed by atoms with E-state index < -0.39 is 4.87 Å². The summed E-state index contributed by atoms with van der Waals surface area (Å²) in [5.41, 5.74) is 0.122. The predicted molar refractivity (Wildman–Crippen MR) is 121 cm³/mol. The number of hydrogen-bond acceptors (Lipinski definition) is 5. The lowest BCUT2D eigenvalue weighted by Gasteiger charge is -2.63. The second-order valence-electron chi connectivity index (χ2n) is 12.0. The van der Waals surface area contributed by atoms with Crippen molar-refractivity contribution in [2.75, 3.05) is 0 Å². The van der Waals surface area contributed by atoms with Crippen LogP contribution in [0.5, 0.6) is 0 Å². The first-order chi connectivity index (χ1) is 15.0. The Labute approximate surface area is 196 Å². The lowest BCUT2D eigenvalue weighted by Crippen LogP contribution is -2.62. The summed E-state index contributed by atoms with van der Waals surface area (Å²) in [6.45, 7) is 7.48. The maximum atomic E-state index is 11.6. The number of esters is 2. The van der Waals surface area contributed by atoms with Crippen LogP contribution in [-0.2, 0) is 19.1 Å². The second-order valence-corrected chi connectivity index (χ2v) is 12.7. The number of aliphatic hydroxyl groups excluding tert-OH is 1. The van der Waals surface area contributed by atoms with Crippen molar-refractivity contribution in [3.8, 4) is 0 Å². The Morgan fingerprint density at radius 2 is 1.75 bits per heavy atom. The highest BCUT2D eigenvalue weighted by atomic mass is 35.5. The van der Waals surface area contributed by atoms with Gasteiger partial charge in [-0.2, -0.15) is 0 Å². The Balaban J connectivity index is 1.44. The van der Waals surface area contributed by atoms with Gasteiger partial charge in [0.2, 0.25) is 0 Å². The Hall–Kier alpha value is -0.810. The molecule has 32 heavy (non-hydrogen) atoms. The van der Waals surface area contributed by atoms with Gasteiger partial charge in [-0.05, 0) is 86.9 Å². The molecule has 0 radical (unpaired) electrons. The van der Waals surface area contributed by atoms with Crippen LogP contribution in [0.1, 0.15) is 85.5 Å². The van der Waals surface area contributed by atoms with Gasteiger partial charge >= 0.3 is 11.9 Å². The lowest BCUT2D eigenvalue weighted by molar-refractivity contribution is -0.162. The maximum Gasteiger partial charge on any atom is 0.302 e. The highest BCUT2D eigenvalue weighted by Crippen LogP contribution is 2.76. The van der Waals surface area contributed by atoms with E-state index in [1.54, 1.807) is 0 Å². The monoisotopic (exact) mass is 466 g/mol. The highest BCUT2D eigenvalue weighted by molar-refractivity contribution is 6.25. The number of hydrogen-bond donors (Lipinski definition) is 1. The van der Waals surface area contributed by atoms with E-state index in [2.05, 4.69) is 13.8 Å².